The van der Waals surface area contributed by atoms with Gasteiger partial charge in [-0.25, -0.2) is 8.78 Å². The maximum atomic E-state index is 13.6. The highest BCUT2D eigenvalue weighted by atomic mass is 19.1. The van der Waals surface area contributed by atoms with Crippen LogP contribution in [0.4, 0.5) is 8.78 Å². The molecule has 1 nitrogen and oxygen atoms in total. The monoisotopic (exact) mass is 275 g/mol. The van der Waals surface area contributed by atoms with Crippen molar-refractivity contribution in [3.8, 4) is 0 Å². The number of hydrogen-bond acceptors (Lipinski definition) is 1. The van der Waals surface area contributed by atoms with E-state index in [9.17, 15) is 8.78 Å². The second-order valence-corrected chi connectivity index (χ2v) is 5.00. The summed E-state index contributed by atoms with van der Waals surface area (Å²) in [5, 5.41) is 3.39. The van der Waals surface area contributed by atoms with E-state index in [0.717, 1.165) is 29.7 Å². The Kier molecular flexibility index (Phi) is 4.85. The molecule has 0 bridgehead atoms. The van der Waals surface area contributed by atoms with Gasteiger partial charge >= 0.3 is 0 Å². The van der Waals surface area contributed by atoms with Crippen LogP contribution < -0.4 is 5.32 Å². The molecule has 106 valence electrons. The third kappa shape index (κ3) is 3.64. The van der Waals surface area contributed by atoms with E-state index < -0.39 is 0 Å². The zero-order valence-electron chi connectivity index (χ0n) is 11.8. The van der Waals surface area contributed by atoms with Crippen LogP contribution in [0.15, 0.2) is 42.5 Å². The van der Waals surface area contributed by atoms with Gasteiger partial charge in [-0.1, -0.05) is 25.1 Å². The van der Waals surface area contributed by atoms with Crippen LogP contribution in [0.5, 0.6) is 0 Å². The van der Waals surface area contributed by atoms with E-state index in [2.05, 4.69) is 12.2 Å². The van der Waals surface area contributed by atoms with E-state index in [1.54, 1.807) is 12.1 Å². The first-order valence-corrected chi connectivity index (χ1v) is 6.86. The molecule has 0 heterocycles. The fourth-order valence-corrected chi connectivity index (χ4v) is 2.30. The molecular formula is C17H19F2N. The molecule has 0 radical (unpaired) electrons. The van der Waals surface area contributed by atoms with Crippen molar-refractivity contribution in [3.63, 3.8) is 0 Å². The third-order valence-corrected chi connectivity index (χ3v) is 3.20. The maximum Gasteiger partial charge on any atom is 0.123 e. The predicted molar refractivity (Wildman–Crippen MR) is 77.7 cm³/mol. The molecule has 1 atom stereocenters. The van der Waals surface area contributed by atoms with Crippen LogP contribution in [0, 0.1) is 18.6 Å². The lowest BCUT2D eigenvalue weighted by molar-refractivity contribution is 0.581. The van der Waals surface area contributed by atoms with E-state index in [4.69, 9.17) is 0 Å². The molecule has 20 heavy (non-hydrogen) atoms. The van der Waals surface area contributed by atoms with E-state index >= 15 is 0 Å². The second kappa shape index (κ2) is 6.62. The van der Waals surface area contributed by atoms with Gasteiger partial charge in [0.1, 0.15) is 11.6 Å². The summed E-state index contributed by atoms with van der Waals surface area (Å²) in [7, 11) is 0. The molecule has 0 aromatic heterocycles. The van der Waals surface area contributed by atoms with Crippen LogP contribution in [0.3, 0.4) is 0 Å². The summed E-state index contributed by atoms with van der Waals surface area (Å²) in [5.41, 5.74) is 2.68. The Balaban J connectivity index is 2.38. The van der Waals surface area contributed by atoms with Crippen LogP contribution in [0.2, 0.25) is 0 Å². The molecule has 2 aromatic rings. The van der Waals surface area contributed by atoms with Crippen molar-refractivity contribution in [2.75, 3.05) is 6.54 Å². The Morgan fingerprint density at radius 3 is 2.25 bits per heavy atom. The molecule has 2 rings (SSSR count). The van der Waals surface area contributed by atoms with Crippen molar-refractivity contribution in [1.82, 2.24) is 5.32 Å². The normalized spacial score (nSPS) is 12.4. The number of rotatable bonds is 5. The number of halogens is 2. The average Bonchev–Trinajstić information content (AvgIpc) is 2.40. The fraction of sp³-hybridized carbons (Fsp3) is 0.294. The van der Waals surface area contributed by atoms with E-state index in [-0.39, 0.29) is 17.7 Å². The first kappa shape index (κ1) is 14.7. The maximum absolute atomic E-state index is 13.6. The number of nitrogens with one attached hydrogen (secondary N) is 1. The van der Waals surface area contributed by atoms with Crippen LogP contribution in [-0.2, 0) is 0 Å². The van der Waals surface area contributed by atoms with Crippen molar-refractivity contribution in [1.29, 1.82) is 0 Å². The summed E-state index contributed by atoms with van der Waals surface area (Å²) >= 11 is 0. The Labute approximate surface area is 118 Å². The van der Waals surface area contributed by atoms with Crippen LogP contribution >= 0.6 is 0 Å². The standard InChI is InChI=1S/C17H19F2N/c1-3-8-20-17(13-4-6-15(18)7-5-13)14-9-12(2)10-16(19)11-14/h4-7,9-11,17,20H,3,8H2,1-2H3. The molecule has 0 saturated carbocycles. The van der Waals surface area contributed by atoms with Crippen molar-refractivity contribution in [2.45, 2.75) is 26.3 Å². The highest BCUT2D eigenvalue weighted by molar-refractivity contribution is 5.34. The molecule has 0 saturated heterocycles. The van der Waals surface area contributed by atoms with Gasteiger partial charge in [-0.15, -0.1) is 0 Å². The lowest BCUT2D eigenvalue weighted by Crippen LogP contribution is -2.23. The second-order valence-electron chi connectivity index (χ2n) is 5.00. The first-order valence-electron chi connectivity index (χ1n) is 6.86. The summed E-state index contributed by atoms with van der Waals surface area (Å²) in [6.45, 7) is 4.76. The highest BCUT2D eigenvalue weighted by Gasteiger charge is 2.14. The largest absolute Gasteiger partial charge is 0.306 e. The van der Waals surface area contributed by atoms with Gasteiger partial charge in [-0.3, -0.25) is 0 Å². The summed E-state index contributed by atoms with van der Waals surface area (Å²) in [4.78, 5) is 0. The predicted octanol–water partition coefficient (Wildman–Crippen LogP) is 4.36. The summed E-state index contributed by atoms with van der Waals surface area (Å²) in [6.07, 6.45) is 0.978. The first-order chi connectivity index (χ1) is 9.60. The Bertz CT molecular complexity index is 543. The van der Waals surface area contributed by atoms with Crippen LogP contribution in [0.25, 0.3) is 0 Å². The molecule has 0 spiro atoms. The Morgan fingerprint density at radius 1 is 0.950 bits per heavy atom. The molecule has 0 aliphatic heterocycles. The molecule has 0 aliphatic carbocycles. The van der Waals surface area contributed by atoms with Gasteiger partial charge < -0.3 is 5.32 Å². The van der Waals surface area contributed by atoms with Crippen molar-refractivity contribution in [2.24, 2.45) is 0 Å². The summed E-state index contributed by atoms with van der Waals surface area (Å²) < 4.78 is 26.7. The zero-order chi connectivity index (χ0) is 14.5. The smallest absolute Gasteiger partial charge is 0.123 e. The number of benzene rings is 2. The molecular weight excluding hydrogens is 256 g/mol. The average molecular weight is 275 g/mol. The van der Waals surface area contributed by atoms with E-state index in [1.165, 1.54) is 24.3 Å². The Morgan fingerprint density at radius 2 is 1.65 bits per heavy atom. The highest BCUT2D eigenvalue weighted by Crippen LogP contribution is 2.24. The minimum atomic E-state index is -0.265. The summed E-state index contributed by atoms with van der Waals surface area (Å²) in [5.74, 6) is -0.510. The van der Waals surface area contributed by atoms with Gasteiger partial charge in [-0.05, 0) is 60.8 Å². The minimum absolute atomic E-state index is 0.120. The van der Waals surface area contributed by atoms with Gasteiger partial charge in [0.05, 0.1) is 6.04 Å². The Hall–Kier alpha value is -1.74. The van der Waals surface area contributed by atoms with Gasteiger partial charge in [-0.2, -0.15) is 0 Å². The van der Waals surface area contributed by atoms with Gasteiger partial charge in [0.2, 0.25) is 0 Å². The van der Waals surface area contributed by atoms with Crippen LogP contribution in [0.1, 0.15) is 36.1 Å². The van der Waals surface area contributed by atoms with E-state index in [0.29, 0.717) is 0 Å². The molecule has 0 aliphatic rings. The van der Waals surface area contributed by atoms with Gasteiger partial charge in [0, 0.05) is 0 Å². The van der Waals surface area contributed by atoms with E-state index in [1.807, 2.05) is 13.0 Å². The topological polar surface area (TPSA) is 12.0 Å². The quantitative estimate of drug-likeness (QED) is 0.854. The number of aryl methyl sites for hydroxylation is 1. The van der Waals surface area contributed by atoms with Crippen molar-refractivity contribution in [3.05, 3.63) is 70.8 Å². The van der Waals surface area contributed by atoms with Crippen molar-refractivity contribution >= 4 is 0 Å². The lowest BCUT2D eigenvalue weighted by Gasteiger charge is -2.20. The minimum Gasteiger partial charge on any atom is -0.306 e. The lowest BCUT2D eigenvalue weighted by atomic mass is 9.97. The third-order valence-electron chi connectivity index (χ3n) is 3.20. The van der Waals surface area contributed by atoms with Crippen LogP contribution in [-0.4, -0.2) is 6.54 Å². The van der Waals surface area contributed by atoms with Gasteiger partial charge in [0.25, 0.3) is 0 Å². The molecule has 3 heteroatoms. The fourth-order valence-electron chi connectivity index (χ4n) is 2.30. The molecule has 2 aromatic carbocycles. The molecule has 1 unspecified atom stereocenters. The molecule has 1 N–H and O–H groups in total. The van der Waals surface area contributed by atoms with Crippen molar-refractivity contribution < 1.29 is 8.78 Å². The number of hydrogen-bond donors (Lipinski definition) is 1. The zero-order valence-corrected chi connectivity index (χ0v) is 11.8. The molecule has 0 amide bonds. The summed E-state index contributed by atoms with van der Waals surface area (Å²) in [6, 6.07) is 11.2. The van der Waals surface area contributed by atoms with Gasteiger partial charge in [0.15, 0.2) is 0 Å². The molecule has 0 fully saturated rings. The SMILES string of the molecule is CCCNC(c1ccc(F)cc1)c1cc(C)cc(F)c1.